The number of nitrogens with zero attached hydrogens (tertiary/aromatic N) is 3. The number of carbonyl (C=O) groups excluding carboxylic acids is 1. The lowest BCUT2D eigenvalue weighted by Crippen LogP contribution is -2.37. The summed E-state index contributed by atoms with van der Waals surface area (Å²) in [5.74, 6) is 1.47. The van der Waals surface area contributed by atoms with Gasteiger partial charge >= 0.3 is 6.03 Å². The van der Waals surface area contributed by atoms with Crippen LogP contribution >= 0.6 is 0 Å². The number of rotatable bonds is 6. The molecular formula is C20H28N6O2. The van der Waals surface area contributed by atoms with E-state index in [9.17, 15) is 4.79 Å². The SMILES string of the molecule is Cc1cc(N2CCOCC2)nc(NCCNC(=O)Nc2cccc(C)c2C)n1. The Bertz CT molecular complexity index is 820. The van der Waals surface area contributed by atoms with Gasteiger partial charge in [-0.3, -0.25) is 0 Å². The van der Waals surface area contributed by atoms with Crippen molar-refractivity contribution in [3.05, 3.63) is 41.1 Å². The number of benzene rings is 1. The fraction of sp³-hybridized carbons (Fsp3) is 0.450. The van der Waals surface area contributed by atoms with Gasteiger partial charge in [0.1, 0.15) is 5.82 Å². The average Bonchev–Trinajstić information content (AvgIpc) is 2.69. The molecule has 1 aromatic carbocycles. The number of anilines is 3. The summed E-state index contributed by atoms with van der Waals surface area (Å²) in [6.45, 7) is 10.0. The Morgan fingerprint density at radius 3 is 2.71 bits per heavy atom. The van der Waals surface area contributed by atoms with E-state index in [1.807, 2.05) is 45.0 Å². The molecule has 0 bridgehead atoms. The summed E-state index contributed by atoms with van der Waals surface area (Å²) in [5.41, 5.74) is 3.94. The molecule has 3 N–H and O–H groups in total. The molecule has 0 spiro atoms. The lowest BCUT2D eigenvalue weighted by molar-refractivity contribution is 0.122. The van der Waals surface area contributed by atoms with Crippen molar-refractivity contribution in [3.63, 3.8) is 0 Å². The minimum atomic E-state index is -0.227. The van der Waals surface area contributed by atoms with Gasteiger partial charge in [-0.25, -0.2) is 9.78 Å². The van der Waals surface area contributed by atoms with Gasteiger partial charge in [0.15, 0.2) is 0 Å². The first-order chi connectivity index (χ1) is 13.5. The van der Waals surface area contributed by atoms with Gasteiger partial charge in [0.2, 0.25) is 5.95 Å². The number of ether oxygens (including phenoxy) is 1. The highest BCUT2D eigenvalue weighted by atomic mass is 16.5. The summed E-state index contributed by atoms with van der Waals surface area (Å²) in [6.07, 6.45) is 0. The Labute approximate surface area is 165 Å². The van der Waals surface area contributed by atoms with Crippen molar-refractivity contribution < 1.29 is 9.53 Å². The molecule has 0 unspecified atom stereocenters. The fourth-order valence-corrected chi connectivity index (χ4v) is 2.99. The summed E-state index contributed by atoms with van der Waals surface area (Å²) in [4.78, 5) is 23.3. The number of carbonyl (C=O) groups is 1. The van der Waals surface area contributed by atoms with E-state index >= 15 is 0 Å². The molecule has 150 valence electrons. The molecule has 1 aliphatic heterocycles. The Morgan fingerprint density at radius 2 is 1.93 bits per heavy atom. The van der Waals surface area contributed by atoms with E-state index in [4.69, 9.17) is 4.74 Å². The van der Waals surface area contributed by atoms with Gasteiger partial charge in [0.25, 0.3) is 0 Å². The van der Waals surface area contributed by atoms with Crippen molar-refractivity contribution in [2.24, 2.45) is 0 Å². The normalized spacial score (nSPS) is 13.9. The molecule has 1 fully saturated rings. The second kappa shape index (κ2) is 9.36. The van der Waals surface area contributed by atoms with Crippen molar-refractivity contribution in [3.8, 4) is 0 Å². The van der Waals surface area contributed by atoms with Crippen LogP contribution in [0.1, 0.15) is 16.8 Å². The van der Waals surface area contributed by atoms with Crippen molar-refractivity contribution in [1.82, 2.24) is 15.3 Å². The minimum Gasteiger partial charge on any atom is -0.378 e. The van der Waals surface area contributed by atoms with Crippen LogP contribution in [0.15, 0.2) is 24.3 Å². The first-order valence-electron chi connectivity index (χ1n) is 9.56. The standard InChI is InChI=1S/C20H28N6O2/c1-14-5-4-6-17(16(14)3)24-20(27)22-8-7-21-19-23-15(2)13-18(25-19)26-9-11-28-12-10-26/h4-6,13H,7-12H2,1-3H3,(H,21,23,25)(H2,22,24,27). The van der Waals surface area contributed by atoms with Gasteiger partial charge in [0, 0.05) is 43.6 Å². The second-order valence-electron chi connectivity index (χ2n) is 6.85. The summed E-state index contributed by atoms with van der Waals surface area (Å²) in [6, 6.07) is 7.60. The van der Waals surface area contributed by atoms with E-state index in [2.05, 4.69) is 30.8 Å². The molecular weight excluding hydrogens is 356 g/mol. The van der Waals surface area contributed by atoms with Gasteiger partial charge in [-0.15, -0.1) is 0 Å². The lowest BCUT2D eigenvalue weighted by Gasteiger charge is -2.28. The van der Waals surface area contributed by atoms with E-state index in [0.717, 1.165) is 41.4 Å². The van der Waals surface area contributed by atoms with Crippen molar-refractivity contribution in [1.29, 1.82) is 0 Å². The molecule has 0 saturated carbocycles. The van der Waals surface area contributed by atoms with Crippen LogP contribution in [-0.2, 0) is 4.74 Å². The van der Waals surface area contributed by atoms with Crippen LogP contribution in [0.3, 0.4) is 0 Å². The maximum Gasteiger partial charge on any atom is 0.319 e. The molecule has 2 aromatic rings. The first-order valence-corrected chi connectivity index (χ1v) is 9.56. The summed E-state index contributed by atoms with van der Waals surface area (Å²) >= 11 is 0. The Morgan fingerprint density at radius 1 is 1.14 bits per heavy atom. The molecule has 1 aromatic heterocycles. The first kappa shape index (κ1) is 19.9. The van der Waals surface area contributed by atoms with Gasteiger partial charge in [-0.05, 0) is 38.0 Å². The van der Waals surface area contributed by atoms with E-state index in [1.54, 1.807) is 0 Å². The number of aromatic nitrogens is 2. The van der Waals surface area contributed by atoms with Crippen LogP contribution in [0, 0.1) is 20.8 Å². The molecule has 28 heavy (non-hydrogen) atoms. The van der Waals surface area contributed by atoms with E-state index in [-0.39, 0.29) is 6.03 Å². The minimum absolute atomic E-state index is 0.227. The number of urea groups is 1. The number of aryl methyl sites for hydroxylation is 2. The molecule has 2 heterocycles. The zero-order valence-corrected chi connectivity index (χ0v) is 16.7. The highest BCUT2D eigenvalue weighted by molar-refractivity contribution is 5.90. The molecule has 1 saturated heterocycles. The van der Waals surface area contributed by atoms with Gasteiger partial charge in [0.05, 0.1) is 13.2 Å². The predicted molar refractivity (Wildman–Crippen MR) is 111 cm³/mol. The maximum atomic E-state index is 12.1. The van der Waals surface area contributed by atoms with Crippen molar-refractivity contribution in [2.45, 2.75) is 20.8 Å². The lowest BCUT2D eigenvalue weighted by atomic mass is 10.1. The van der Waals surface area contributed by atoms with Crippen LogP contribution in [0.5, 0.6) is 0 Å². The molecule has 8 nitrogen and oxygen atoms in total. The number of hydrogen-bond donors (Lipinski definition) is 3. The molecule has 8 heteroatoms. The fourth-order valence-electron chi connectivity index (χ4n) is 2.99. The molecule has 0 atom stereocenters. The van der Waals surface area contributed by atoms with Crippen molar-refractivity contribution in [2.75, 3.05) is 54.9 Å². The van der Waals surface area contributed by atoms with Crippen molar-refractivity contribution >= 4 is 23.5 Å². The number of morpholine rings is 1. The largest absolute Gasteiger partial charge is 0.378 e. The zero-order valence-electron chi connectivity index (χ0n) is 16.7. The van der Waals surface area contributed by atoms with Crippen LogP contribution in [0.2, 0.25) is 0 Å². The third-order valence-electron chi connectivity index (χ3n) is 4.72. The average molecular weight is 384 g/mol. The van der Waals surface area contributed by atoms with Crippen LogP contribution in [0.25, 0.3) is 0 Å². The monoisotopic (exact) mass is 384 g/mol. The van der Waals surface area contributed by atoms with Gasteiger partial charge < -0.3 is 25.6 Å². The topological polar surface area (TPSA) is 91.4 Å². The summed E-state index contributed by atoms with van der Waals surface area (Å²) in [5, 5.41) is 8.91. The highest BCUT2D eigenvalue weighted by Gasteiger charge is 2.14. The maximum absolute atomic E-state index is 12.1. The number of hydrogen-bond acceptors (Lipinski definition) is 6. The third kappa shape index (κ3) is 5.32. The Kier molecular flexibility index (Phi) is 6.65. The quantitative estimate of drug-likeness (QED) is 0.663. The van der Waals surface area contributed by atoms with Crippen LogP contribution in [0.4, 0.5) is 22.2 Å². The zero-order chi connectivity index (χ0) is 19.9. The third-order valence-corrected chi connectivity index (χ3v) is 4.72. The molecule has 1 aliphatic rings. The second-order valence-corrected chi connectivity index (χ2v) is 6.85. The number of amides is 2. The molecule has 0 radical (unpaired) electrons. The summed E-state index contributed by atoms with van der Waals surface area (Å²) in [7, 11) is 0. The van der Waals surface area contributed by atoms with Gasteiger partial charge in [-0.1, -0.05) is 12.1 Å². The van der Waals surface area contributed by atoms with Gasteiger partial charge in [-0.2, -0.15) is 4.98 Å². The van der Waals surface area contributed by atoms with Crippen LogP contribution in [-0.4, -0.2) is 55.4 Å². The Hall–Kier alpha value is -2.87. The van der Waals surface area contributed by atoms with E-state index < -0.39 is 0 Å². The molecule has 2 amide bonds. The summed E-state index contributed by atoms with van der Waals surface area (Å²) < 4.78 is 5.39. The predicted octanol–water partition coefficient (Wildman–Crippen LogP) is 2.47. The number of nitrogens with one attached hydrogen (secondary N) is 3. The van der Waals surface area contributed by atoms with E-state index in [0.29, 0.717) is 32.3 Å². The highest BCUT2D eigenvalue weighted by Crippen LogP contribution is 2.18. The smallest absolute Gasteiger partial charge is 0.319 e. The molecule has 3 rings (SSSR count). The molecule has 0 aliphatic carbocycles. The van der Waals surface area contributed by atoms with Crippen LogP contribution < -0.4 is 20.9 Å². The Balaban J connectivity index is 1.47. The van der Waals surface area contributed by atoms with E-state index in [1.165, 1.54) is 0 Å².